The molecule has 25 heavy (non-hydrogen) atoms. The summed E-state index contributed by atoms with van der Waals surface area (Å²) in [5.74, 6) is 1.20. The van der Waals surface area contributed by atoms with Gasteiger partial charge in [0.25, 0.3) is 0 Å². The molecule has 0 atom stereocenters. The van der Waals surface area contributed by atoms with Crippen LogP contribution in [0.5, 0.6) is 11.6 Å². The van der Waals surface area contributed by atoms with E-state index < -0.39 is 0 Å². The fraction of sp³-hybridized carbons (Fsp3) is 0.105. The summed E-state index contributed by atoms with van der Waals surface area (Å²) in [6, 6.07) is 15.4. The van der Waals surface area contributed by atoms with Crippen molar-refractivity contribution in [2.75, 3.05) is 0 Å². The van der Waals surface area contributed by atoms with Crippen LogP contribution in [0.1, 0.15) is 12.5 Å². The van der Waals surface area contributed by atoms with Crippen LogP contribution in [-0.2, 0) is 6.42 Å². The van der Waals surface area contributed by atoms with Crippen molar-refractivity contribution in [3.63, 3.8) is 0 Å². The van der Waals surface area contributed by atoms with Crippen molar-refractivity contribution in [3.8, 4) is 17.3 Å². The van der Waals surface area contributed by atoms with Gasteiger partial charge >= 0.3 is 0 Å². The predicted octanol–water partition coefficient (Wildman–Crippen LogP) is 4.82. The Morgan fingerprint density at radius 2 is 1.92 bits per heavy atom. The van der Waals surface area contributed by atoms with Gasteiger partial charge in [0.05, 0.1) is 11.9 Å². The molecule has 0 saturated carbocycles. The summed E-state index contributed by atoms with van der Waals surface area (Å²) in [7, 11) is 0. The Kier molecular flexibility index (Phi) is 4.07. The highest BCUT2D eigenvalue weighted by molar-refractivity contribution is 6.30. The first-order valence-electron chi connectivity index (χ1n) is 7.96. The lowest BCUT2D eigenvalue weighted by Crippen LogP contribution is -1.98. The molecule has 0 radical (unpaired) electrons. The van der Waals surface area contributed by atoms with Gasteiger partial charge < -0.3 is 4.74 Å². The van der Waals surface area contributed by atoms with Crippen molar-refractivity contribution in [2.24, 2.45) is 0 Å². The third-order valence-corrected chi connectivity index (χ3v) is 4.16. The molecule has 0 bridgehead atoms. The number of rotatable bonds is 4. The quantitative estimate of drug-likeness (QED) is 0.529. The molecule has 124 valence electrons. The second-order valence-corrected chi connectivity index (χ2v) is 5.99. The van der Waals surface area contributed by atoms with Crippen molar-refractivity contribution in [2.45, 2.75) is 13.3 Å². The summed E-state index contributed by atoms with van der Waals surface area (Å²) in [4.78, 5) is 8.60. The maximum absolute atomic E-state index is 6.08. The number of hydrogen-bond acceptors (Lipinski definition) is 4. The van der Waals surface area contributed by atoms with Crippen LogP contribution in [-0.4, -0.2) is 19.7 Å². The maximum atomic E-state index is 6.08. The molecule has 6 heteroatoms. The minimum atomic E-state index is 0.475. The Balaban J connectivity index is 1.73. The van der Waals surface area contributed by atoms with Crippen LogP contribution < -0.4 is 4.74 Å². The molecule has 0 saturated heterocycles. The zero-order valence-corrected chi connectivity index (χ0v) is 14.3. The lowest BCUT2D eigenvalue weighted by Gasteiger charge is -2.07. The van der Waals surface area contributed by atoms with E-state index >= 15 is 0 Å². The normalized spacial score (nSPS) is 11.0. The van der Waals surface area contributed by atoms with Crippen LogP contribution in [0.4, 0.5) is 0 Å². The molecule has 0 N–H and O–H groups in total. The van der Waals surface area contributed by atoms with E-state index in [4.69, 9.17) is 16.3 Å². The molecule has 2 heterocycles. The van der Waals surface area contributed by atoms with E-state index in [1.54, 1.807) is 10.9 Å². The summed E-state index contributed by atoms with van der Waals surface area (Å²) in [6.45, 7) is 2.12. The van der Waals surface area contributed by atoms with Gasteiger partial charge in [0.1, 0.15) is 17.5 Å². The van der Waals surface area contributed by atoms with Gasteiger partial charge in [-0.25, -0.2) is 14.6 Å². The monoisotopic (exact) mass is 350 g/mol. The third-order valence-electron chi connectivity index (χ3n) is 3.93. The molecule has 0 aliphatic heterocycles. The van der Waals surface area contributed by atoms with Gasteiger partial charge in [-0.1, -0.05) is 36.7 Å². The Morgan fingerprint density at radius 1 is 1.08 bits per heavy atom. The SMILES string of the molecule is CCc1ccc(Oc2ncnc3c2cnn3-c2cccc(Cl)c2)cc1. The van der Waals surface area contributed by atoms with Gasteiger partial charge in [0.2, 0.25) is 5.88 Å². The molecule has 4 rings (SSSR count). The van der Waals surface area contributed by atoms with Crippen LogP contribution in [0.3, 0.4) is 0 Å². The van der Waals surface area contributed by atoms with E-state index in [2.05, 4.69) is 22.0 Å². The molecule has 0 amide bonds. The number of halogens is 1. The summed E-state index contributed by atoms with van der Waals surface area (Å²) < 4.78 is 7.65. The molecule has 2 aromatic heterocycles. The molecule has 0 aliphatic carbocycles. The standard InChI is InChI=1S/C19H15ClN4O/c1-2-13-6-8-16(9-7-13)25-19-17-11-23-24(18(17)21-12-22-19)15-5-3-4-14(20)10-15/h3-12H,2H2,1H3. The Bertz CT molecular complexity index is 1030. The van der Waals surface area contributed by atoms with Gasteiger partial charge in [0, 0.05) is 5.02 Å². The average Bonchev–Trinajstić information content (AvgIpc) is 3.07. The summed E-state index contributed by atoms with van der Waals surface area (Å²) >= 11 is 6.08. The van der Waals surface area contributed by atoms with E-state index in [0.29, 0.717) is 16.5 Å². The highest BCUT2D eigenvalue weighted by atomic mass is 35.5. The summed E-state index contributed by atoms with van der Waals surface area (Å²) in [5.41, 5.74) is 2.76. The number of aromatic nitrogens is 4. The smallest absolute Gasteiger partial charge is 0.233 e. The number of fused-ring (bicyclic) bond motifs is 1. The molecule has 2 aromatic carbocycles. The van der Waals surface area contributed by atoms with Gasteiger partial charge in [-0.3, -0.25) is 0 Å². The molecule has 0 aliphatic rings. The van der Waals surface area contributed by atoms with Crippen LogP contribution in [0.25, 0.3) is 16.7 Å². The van der Waals surface area contributed by atoms with Gasteiger partial charge in [-0.2, -0.15) is 5.10 Å². The second-order valence-electron chi connectivity index (χ2n) is 5.55. The van der Waals surface area contributed by atoms with E-state index in [9.17, 15) is 0 Å². The van der Waals surface area contributed by atoms with E-state index in [1.807, 2.05) is 48.5 Å². The Hall–Kier alpha value is -2.92. The van der Waals surface area contributed by atoms with E-state index in [1.165, 1.54) is 11.9 Å². The van der Waals surface area contributed by atoms with Crippen LogP contribution in [0.15, 0.2) is 61.1 Å². The summed E-state index contributed by atoms with van der Waals surface area (Å²) in [6.07, 6.45) is 4.16. The first-order chi connectivity index (χ1) is 12.2. The number of benzene rings is 2. The van der Waals surface area contributed by atoms with Gasteiger partial charge in [-0.15, -0.1) is 0 Å². The van der Waals surface area contributed by atoms with Crippen LogP contribution >= 0.6 is 11.6 Å². The molecule has 4 aromatic rings. The van der Waals surface area contributed by atoms with Gasteiger partial charge in [0.15, 0.2) is 5.65 Å². The molecule has 5 nitrogen and oxygen atoms in total. The number of ether oxygens (including phenoxy) is 1. The predicted molar refractivity (Wildman–Crippen MR) is 97.6 cm³/mol. The Morgan fingerprint density at radius 3 is 2.68 bits per heavy atom. The third kappa shape index (κ3) is 3.06. The first-order valence-corrected chi connectivity index (χ1v) is 8.34. The van der Waals surface area contributed by atoms with Gasteiger partial charge in [-0.05, 0) is 42.3 Å². The minimum Gasteiger partial charge on any atom is -0.438 e. The van der Waals surface area contributed by atoms with Crippen molar-refractivity contribution in [3.05, 3.63) is 71.6 Å². The van der Waals surface area contributed by atoms with E-state index in [0.717, 1.165) is 23.2 Å². The molecular formula is C19H15ClN4O. The fourth-order valence-electron chi connectivity index (χ4n) is 2.61. The van der Waals surface area contributed by atoms with Crippen molar-refractivity contribution in [1.82, 2.24) is 19.7 Å². The first kappa shape index (κ1) is 15.6. The summed E-state index contributed by atoms with van der Waals surface area (Å²) in [5, 5.41) is 5.79. The van der Waals surface area contributed by atoms with Crippen LogP contribution in [0, 0.1) is 0 Å². The highest BCUT2D eigenvalue weighted by Crippen LogP contribution is 2.28. The molecular weight excluding hydrogens is 336 g/mol. The van der Waals surface area contributed by atoms with Crippen molar-refractivity contribution in [1.29, 1.82) is 0 Å². The molecule has 0 fully saturated rings. The van der Waals surface area contributed by atoms with Crippen molar-refractivity contribution >= 4 is 22.6 Å². The number of aryl methyl sites for hydroxylation is 1. The lowest BCUT2D eigenvalue weighted by molar-refractivity contribution is 0.468. The highest BCUT2D eigenvalue weighted by Gasteiger charge is 2.13. The second kappa shape index (κ2) is 6.53. The maximum Gasteiger partial charge on any atom is 0.233 e. The zero-order valence-electron chi connectivity index (χ0n) is 13.6. The number of hydrogen-bond donors (Lipinski definition) is 0. The largest absolute Gasteiger partial charge is 0.438 e. The minimum absolute atomic E-state index is 0.475. The lowest BCUT2D eigenvalue weighted by atomic mass is 10.2. The zero-order chi connectivity index (χ0) is 17.2. The van der Waals surface area contributed by atoms with Crippen molar-refractivity contribution < 1.29 is 4.74 Å². The number of nitrogens with zero attached hydrogens (tertiary/aromatic N) is 4. The van der Waals surface area contributed by atoms with E-state index in [-0.39, 0.29) is 0 Å². The van der Waals surface area contributed by atoms with Crippen LogP contribution in [0.2, 0.25) is 5.02 Å². The Labute approximate surface area is 149 Å². The fourth-order valence-corrected chi connectivity index (χ4v) is 2.79. The molecule has 0 spiro atoms. The average molecular weight is 351 g/mol. The molecule has 0 unspecified atom stereocenters. The topological polar surface area (TPSA) is 52.8 Å².